The smallest absolute Gasteiger partial charge is 0.205 e. The van der Waals surface area contributed by atoms with Gasteiger partial charge in [0, 0.05) is 10.8 Å². The highest BCUT2D eigenvalue weighted by atomic mass is 16.2. The third-order valence-corrected chi connectivity index (χ3v) is 11.2. The van der Waals surface area contributed by atoms with E-state index < -0.39 is 0 Å². The fraction of sp³-hybridized carbons (Fsp3) is 0.909. The quantitative estimate of drug-likeness (QED) is 0.636. The van der Waals surface area contributed by atoms with Crippen LogP contribution in [-0.4, -0.2) is 11.6 Å². The van der Waals surface area contributed by atoms with Gasteiger partial charge in [-0.05, 0) is 84.9 Å². The zero-order valence-electron chi connectivity index (χ0n) is 14.8. The molecule has 8 fully saturated rings. The van der Waals surface area contributed by atoms with Crippen LogP contribution in [0.1, 0.15) is 52.4 Å². The number of carbonyl (C=O) groups excluding carboxylic acids is 2. The van der Waals surface area contributed by atoms with Gasteiger partial charge in [0.05, 0.1) is 0 Å². The van der Waals surface area contributed by atoms with Crippen molar-refractivity contribution in [2.24, 2.45) is 70.0 Å². The topological polar surface area (TPSA) is 34.1 Å². The van der Waals surface area contributed by atoms with Crippen LogP contribution in [0.3, 0.4) is 0 Å². The van der Waals surface area contributed by atoms with Gasteiger partial charge < -0.3 is 0 Å². The monoisotopic (exact) mass is 324 g/mol. The van der Waals surface area contributed by atoms with Crippen LogP contribution >= 0.6 is 0 Å². The van der Waals surface area contributed by atoms with E-state index in [-0.39, 0.29) is 22.4 Å². The second-order valence-electron chi connectivity index (χ2n) is 11.0. The van der Waals surface area contributed by atoms with Crippen LogP contribution in [0.4, 0.5) is 0 Å². The normalized spacial score (nSPS) is 70.4. The molecule has 4 unspecified atom stereocenters. The Morgan fingerprint density at radius 2 is 0.917 bits per heavy atom. The summed E-state index contributed by atoms with van der Waals surface area (Å²) in [5, 5.41) is 0. The van der Waals surface area contributed by atoms with E-state index in [1.54, 1.807) is 0 Å². The van der Waals surface area contributed by atoms with Crippen molar-refractivity contribution < 1.29 is 9.59 Å². The van der Waals surface area contributed by atoms with Crippen LogP contribution < -0.4 is 0 Å². The zero-order valence-corrected chi connectivity index (χ0v) is 14.8. The van der Waals surface area contributed by atoms with E-state index in [0.717, 1.165) is 35.5 Å². The fourth-order valence-electron chi connectivity index (χ4n) is 11.3. The van der Waals surface area contributed by atoms with Gasteiger partial charge in [-0.25, -0.2) is 0 Å². The maximum absolute atomic E-state index is 13.6. The summed E-state index contributed by atoms with van der Waals surface area (Å²) < 4.78 is 0. The molecule has 0 amide bonds. The van der Waals surface area contributed by atoms with Crippen LogP contribution in [0.25, 0.3) is 0 Å². The highest BCUT2D eigenvalue weighted by molar-refractivity contribution is 6.42. The number of hydrogen-bond acceptors (Lipinski definition) is 2. The minimum absolute atomic E-state index is 0.0909. The van der Waals surface area contributed by atoms with Crippen molar-refractivity contribution >= 4 is 11.6 Å². The predicted molar refractivity (Wildman–Crippen MR) is 88.8 cm³/mol. The standard InChI is InChI=1S/C22H28O2/c1-21-15-9-5-3-7-11(9)17-13(15)14-16(21)10-6-4-8-12(10)18(14)22(17,2)20(24)19(21)23/h9-18H,3-8H2,1-2H3/t9-,10-,11-,12-,13?,14?,15-,16+,17+,18+,21?,22?/m0/s1. The predicted octanol–water partition coefficient (Wildman–Crippen LogP) is 3.74. The van der Waals surface area contributed by atoms with Gasteiger partial charge in [0.1, 0.15) is 0 Å². The van der Waals surface area contributed by atoms with Crippen LogP contribution in [0.2, 0.25) is 0 Å². The molecule has 8 saturated carbocycles. The average Bonchev–Trinajstić information content (AvgIpc) is 3.29. The molecule has 8 aliphatic carbocycles. The van der Waals surface area contributed by atoms with E-state index in [0.29, 0.717) is 23.7 Å². The first kappa shape index (κ1) is 13.5. The minimum Gasteiger partial charge on any atom is -0.290 e. The number of carbonyl (C=O) groups is 2. The van der Waals surface area contributed by atoms with Crippen LogP contribution in [0.5, 0.6) is 0 Å². The Hall–Kier alpha value is -0.660. The number of rotatable bonds is 0. The van der Waals surface area contributed by atoms with E-state index in [2.05, 4.69) is 13.8 Å². The molecule has 0 N–H and O–H groups in total. The highest BCUT2D eigenvalue weighted by Gasteiger charge is 2.87. The summed E-state index contributed by atoms with van der Waals surface area (Å²) in [7, 11) is 0. The van der Waals surface area contributed by atoms with Gasteiger partial charge in [0.25, 0.3) is 0 Å². The lowest BCUT2D eigenvalue weighted by Gasteiger charge is -2.46. The van der Waals surface area contributed by atoms with Crippen molar-refractivity contribution in [1.82, 2.24) is 0 Å². The average molecular weight is 324 g/mol. The molecule has 0 saturated heterocycles. The number of fused-ring (bicyclic) bond motifs is 3. The van der Waals surface area contributed by atoms with E-state index in [1.807, 2.05) is 0 Å². The molecule has 0 radical (unpaired) electrons. The summed E-state index contributed by atoms with van der Waals surface area (Å²) in [5.41, 5.74) is -0.574. The third kappa shape index (κ3) is 0.971. The van der Waals surface area contributed by atoms with Crippen molar-refractivity contribution in [3.8, 4) is 0 Å². The van der Waals surface area contributed by atoms with Crippen molar-refractivity contribution in [1.29, 1.82) is 0 Å². The third-order valence-electron chi connectivity index (χ3n) is 11.2. The van der Waals surface area contributed by atoms with E-state index >= 15 is 0 Å². The van der Waals surface area contributed by atoms with Gasteiger partial charge in [0.15, 0.2) is 0 Å². The van der Waals surface area contributed by atoms with Gasteiger partial charge in [-0.2, -0.15) is 0 Å². The molecule has 0 heterocycles. The summed E-state index contributed by atoms with van der Waals surface area (Å²) in [5.74, 6) is 6.98. The number of Topliss-reactive ketones (excluding diaryl/α,β-unsaturated/α-hetero) is 2. The first-order chi connectivity index (χ1) is 11.5. The molecule has 8 bridgehead atoms. The largest absolute Gasteiger partial charge is 0.290 e. The van der Waals surface area contributed by atoms with Crippen LogP contribution in [0, 0.1) is 70.0 Å². The van der Waals surface area contributed by atoms with Crippen molar-refractivity contribution in [3.63, 3.8) is 0 Å². The Morgan fingerprint density at radius 1 is 0.625 bits per heavy atom. The SMILES string of the molecule is CC12C(=O)C(=O)C3(C)[C@H]4C(C5[C@H]1[C@H]1CCC[C@@H]1[C@H]53)[C@@H]2[C@H]1CCC[C@@H]14. The van der Waals surface area contributed by atoms with E-state index in [1.165, 1.54) is 38.5 Å². The summed E-state index contributed by atoms with van der Waals surface area (Å²) in [4.78, 5) is 27.1. The summed E-state index contributed by atoms with van der Waals surface area (Å²) in [6.45, 7) is 4.56. The first-order valence-corrected chi connectivity index (χ1v) is 10.6. The molecule has 8 rings (SSSR count). The van der Waals surface area contributed by atoms with E-state index in [9.17, 15) is 9.59 Å². The van der Waals surface area contributed by atoms with Crippen molar-refractivity contribution in [2.75, 3.05) is 0 Å². The fourth-order valence-corrected chi connectivity index (χ4v) is 11.3. The maximum atomic E-state index is 13.6. The number of hydrogen-bond donors (Lipinski definition) is 0. The van der Waals surface area contributed by atoms with Crippen LogP contribution in [-0.2, 0) is 9.59 Å². The molecule has 128 valence electrons. The van der Waals surface area contributed by atoms with Gasteiger partial charge in [-0.3, -0.25) is 9.59 Å². The highest BCUT2D eigenvalue weighted by Crippen LogP contribution is 2.86. The molecule has 0 aliphatic heterocycles. The molecular weight excluding hydrogens is 296 g/mol. The molecule has 2 heteroatoms. The van der Waals surface area contributed by atoms with Gasteiger partial charge in [0.2, 0.25) is 11.6 Å². The molecule has 0 spiro atoms. The lowest BCUT2D eigenvalue weighted by molar-refractivity contribution is -0.155. The maximum Gasteiger partial charge on any atom is 0.205 e. The van der Waals surface area contributed by atoms with E-state index in [4.69, 9.17) is 0 Å². The summed E-state index contributed by atoms with van der Waals surface area (Å²) >= 11 is 0. The van der Waals surface area contributed by atoms with Gasteiger partial charge in [-0.1, -0.05) is 26.7 Å². The van der Waals surface area contributed by atoms with Crippen LogP contribution in [0.15, 0.2) is 0 Å². The molecule has 2 nitrogen and oxygen atoms in total. The summed E-state index contributed by atoms with van der Waals surface area (Å²) in [6, 6.07) is 0. The Balaban J connectivity index is 1.58. The molecule has 0 aromatic heterocycles. The van der Waals surface area contributed by atoms with Crippen molar-refractivity contribution in [2.45, 2.75) is 52.4 Å². The minimum atomic E-state index is -0.287. The second kappa shape index (κ2) is 3.58. The molecule has 12 atom stereocenters. The molecule has 24 heavy (non-hydrogen) atoms. The Kier molecular flexibility index (Phi) is 2.02. The Bertz CT molecular complexity index is 611. The zero-order chi connectivity index (χ0) is 16.2. The molecule has 8 aliphatic rings. The number of ketones is 2. The molecular formula is C22H28O2. The lowest BCUT2D eigenvalue weighted by Crippen LogP contribution is -2.53. The van der Waals surface area contributed by atoms with Crippen molar-refractivity contribution in [3.05, 3.63) is 0 Å². The molecule has 0 aromatic carbocycles. The van der Waals surface area contributed by atoms with Gasteiger partial charge >= 0.3 is 0 Å². The van der Waals surface area contributed by atoms with Gasteiger partial charge in [-0.15, -0.1) is 0 Å². The summed E-state index contributed by atoms with van der Waals surface area (Å²) in [6.07, 6.45) is 8.05. The Morgan fingerprint density at radius 3 is 1.21 bits per heavy atom. The lowest BCUT2D eigenvalue weighted by atomic mass is 9.55. The molecule has 0 aromatic rings. The first-order valence-electron chi connectivity index (χ1n) is 10.6. The Labute approximate surface area is 144 Å². The second-order valence-corrected chi connectivity index (χ2v) is 11.0.